The summed E-state index contributed by atoms with van der Waals surface area (Å²) in [5.41, 5.74) is 0.598. The van der Waals surface area contributed by atoms with E-state index in [4.69, 9.17) is 32.4 Å². The quantitative estimate of drug-likeness (QED) is 0.304. The standard InChI is InChI=1S/C20H13BrCl2O3/c21-14-3-1-2-13(10-14)19(24)9-7-16-5-6-17(26-16)12-25-20-11-15(22)4-8-18(20)23/h1-11H,12H2/b9-7+. The Labute approximate surface area is 169 Å². The Kier molecular flexibility index (Phi) is 6.20. The molecule has 3 nitrogen and oxygen atoms in total. The number of ether oxygens (including phenoxy) is 1. The summed E-state index contributed by atoms with van der Waals surface area (Å²) >= 11 is 15.3. The minimum absolute atomic E-state index is 0.105. The number of ketones is 1. The average molecular weight is 452 g/mol. The van der Waals surface area contributed by atoms with Gasteiger partial charge >= 0.3 is 0 Å². The average Bonchev–Trinajstić information content (AvgIpc) is 3.08. The summed E-state index contributed by atoms with van der Waals surface area (Å²) in [6.07, 6.45) is 3.10. The summed E-state index contributed by atoms with van der Waals surface area (Å²) in [5.74, 6) is 1.54. The Morgan fingerprint density at radius 3 is 2.77 bits per heavy atom. The predicted octanol–water partition coefficient (Wildman–Crippen LogP) is 6.82. The van der Waals surface area contributed by atoms with Gasteiger partial charge < -0.3 is 9.15 Å². The molecule has 132 valence electrons. The molecule has 0 spiro atoms. The normalized spacial score (nSPS) is 11.0. The van der Waals surface area contributed by atoms with Crippen LogP contribution in [0.1, 0.15) is 21.9 Å². The third-order valence-corrected chi connectivity index (χ3v) is 4.49. The molecule has 0 saturated heterocycles. The van der Waals surface area contributed by atoms with Gasteiger partial charge in [-0.3, -0.25) is 4.79 Å². The number of carbonyl (C=O) groups excluding carboxylic acids is 1. The van der Waals surface area contributed by atoms with Gasteiger partial charge in [-0.05, 0) is 48.6 Å². The van der Waals surface area contributed by atoms with Gasteiger partial charge in [-0.1, -0.05) is 51.3 Å². The van der Waals surface area contributed by atoms with E-state index >= 15 is 0 Å². The molecule has 0 fully saturated rings. The second kappa shape index (κ2) is 8.58. The lowest BCUT2D eigenvalue weighted by molar-refractivity contribution is 0.104. The molecule has 26 heavy (non-hydrogen) atoms. The van der Waals surface area contributed by atoms with Crippen LogP contribution in [0.2, 0.25) is 10.0 Å². The fourth-order valence-electron chi connectivity index (χ4n) is 2.19. The summed E-state index contributed by atoms with van der Waals surface area (Å²) in [6, 6.07) is 15.8. The number of halogens is 3. The van der Waals surface area contributed by atoms with Gasteiger partial charge in [-0.15, -0.1) is 0 Å². The molecule has 0 unspecified atom stereocenters. The number of rotatable bonds is 6. The summed E-state index contributed by atoms with van der Waals surface area (Å²) in [4.78, 5) is 12.2. The molecule has 1 aromatic heterocycles. The number of carbonyl (C=O) groups is 1. The van der Waals surface area contributed by atoms with Crippen molar-refractivity contribution in [2.45, 2.75) is 6.61 Å². The molecule has 0 aliphatic heterocycles. The Morgan fingerprint density at radius 1 is 1.12 bits per heavy atom. The molecular weight excluding hydrogens is 439 g/mol. The summed E-state index contributed by atoms with van der Waals surface area (Å²) in [5, 5.41) is 1.01. The maximum absolute atomic E-state index is 12.2. The molecular formula is C20H13BrCl2O3. The highest BCUT2D eigenvalue weighted by Crippen LogP contribution is 2.28. The monoisotopic (exact) mass is 450 g/mol. The van der Waals surface area contributed by atoms with Crippen molar-refractivity contribution in [3.05, 3.63) is 92.3 Å². The molecule has 0 atom stereocenters. The van der Waals surface area contributed by atoms with Crippen molar-refractivity contribution in [1.29, 1.82) is 0 Å². The van der Waals surface area contributed by atoms with E-state index < -0.39 is 0 Å². The van der Waals surface area contributed by atoms with Gasteiger partial charge in [0.2, 0.25) is 0 Å². The van der Waals surface area contributed by atoms with Crippen LogP contribution in [0.15, 0.2) is 69.6 Å². The molecule has 0 N–H and O–H groups in total. The molecule has 2 aromatic carbocycles. The van der Waals surface area contributed by atoms with Crippen molar-refractivity contribution in [1.82, 2.24) is 0 Å². The zero-order chi connectivity index (χ0) is 18.5. The fraction of sp³-hybridized carbons (Fsp3) is 0.0500. The second-order valence-electron chi connectivity index (χ2n) is 5.38. The van der Waals surface area contributed by atoms with Gasteiger partial charge in [0, 0.05) is 21.1 Å². The van der Waals surface area contributed by atoms with Gasteiger partial charge in [-0.2, -0.15) is 0 Å². The van der Waals surface area contributed by atoms with Crippen LogP contribution in [-0.4, -0.2) is 5.78 Å². The Morgan fingerprint density at radius 2 is 1.96 bits per heavy atom. The van der Waals surface area contributed by atoms with E-state index in [2.05, 4.69) is 15.9 Å². The third kappa shape index (κ3) is 5.01. The van der Waals surface area contributed by atoms with E-state index in [1.165, 1.54) is 6.08 Å². The largest absolute Gasteiger partial charge is 0.484 e. The van der Waals surface area contributed by atoms with Crippen LogP contribution in [0.4, 0.5) is 0 Å². The number of allylic oxidation sites excluding steroid dienone is 1. The maximum Gasteiger partial charge on any atom is 0.186 e. The highest BCUT2D eigenvalue weighted by molar-refractivity contribution is 9.10. The van der Waals surface area contributed by atoms with Crippen molar-refractivity contribution in [2.24, 2.45) is 0 Å². The van der Waals surface area contributed by atoms with Gasteiger partial charge in [-0.25, -0.2) is 0 Å². The van der Waals surface area contributed by atoms with Crippen LogP contribution in [0, 0.1) is 0 Å². The first-order valence-electron chi connectivity index (χ1n) is 7.66. The van der Waals surface area contributed by atoms with E-state index in [0.29, 0.717) is 32.9 Å². The molecule has 0 saturated carbocycles. The molecule has 3 rings (SSSR count). The molecule has 0 amide bonds. The van der Waals surface area contributed by atoms with Crippen LogP contribution in [-0.2, 0) is 6.61 Å². The van der Waals surface area contributed by atoms with Crippen molar-refractivity contribution in [3.63, 3.8) is 0 Å². The first-order chi connectivity index (χ1) is 12.5. The van der Waals surface area contributed by atoms with Crippen molar-refractivity contribution in [2.75, 3.05) is 0 Å². The van der Waals surface area contributed by atoms with Gasteiger partial charge in [0.05, 0.1) is 5.02 Å². The van der Waals surface area contributed by atoms with Gasteiger partial charge in [0.1, 0.15) is 23.9 Å². The zero-order valence-corrected chi connectivity index (χ0v) is 16.5. The fourth-order valence-corrected chi connectivity index (χ4v) is 2.93. The van der Waals surface area contributed by atoms with Crippen LogP contribution in [0.5, 0.6) is 5.75 Å². The Bertz CT molecular complexity index is 963. The SMILES string of the molecule is O=C(/C=C/c1ccc(COc2cc(Cl)ccc2Cl)o1)c1cccc(Br)c1. The first-order valence-corrected chi connectivity index (χ1v) is 9.21. The number of furan rings is 1. The second-order valence-corrected chi connectivity index (χ2v) is 7.13. The lowest BCUT2D eigenvalue weighted by Gasteiger charge is -2.06. The molecule has 0 radical (unpaired) electrons. The van der Waals surface area contributed by atoms with E-state index in [-0.39, 0.29) is 12.4 Å². The zero-order valence-electron chi connectivity index (χ0n) is 13.4. The molecule has 0 aliphatic carbocycles. The van der Waals surface area contributed by atoms with Crippen LogP contribution in [0.3, 0.4) is 0 Å². The smallest absolute Gasteiger partial charge is 0.186 e. The lowest BCUT2D eigenvalue weighted by atomic mass is 10.1. The Hall–Kier alpha value is -2.01. The topological polar surface area (TPSA) is 39.4 Å². The minimum atomic E-state index is -0.105. The van der Waals surface area contributed by atoms with E-state index in [0.717, 1.165) is 4.47 Å². The van der Waals surface area contributed by atoms with Crippen LogP contribution in [0.25, 0.3) is 6.08 Å². The molecule has 0 bridgehead atoms. The van der Waals surface area contributed by atoms with Crippen LogP contribution < -0.4 is 4.74 Å². The van der Waals surface area contributed by atoms with Crippen molar-refractivity contribution in [3.8, 4) is 5.75 Å². The predicted molar refractivity (Wildman–Crippen MR) is 107 cm³/mol. The number of hydrogen-bond acceptors (Lipinski definition) is 3. The van der Waals surface area contributed by atoms with Crippen molar-refractivity contribution < 1.29 is 13.9 Å². The highest BCUT2D eigenvalue weighted by atomic mass is 79.9. The third-order valence-electron chi connectivity index (χ3n) is 3.45. The molecule has 3 aromatic rings. The van der Waals surface area contributed by atoms with Gasteiger partial charge in [0.25, 0.3) is 0 Å². The van der Waals surface area contributed by atoms with E-state index in [9.17, 15) is 4.79 Å². The summed E-state index contributed by atoms with van der Waals surface area (Å²) in [7, 11) is 0. The van der Waals surface area contributed by atoms with Crippen molar-refractivity contribution >= 4 is 51.0 Å². The minimum Gasteiger partial charge on any atom is -0.484 e. The van der Waals surface area contributed by atoms with E-state index in [1.54, 1.807) is 48.5 Å². The number of hydrogen-bond donors (Lipinski definition) is 0. The lowest BCUT2D eigenvalue weighted by Crippen LogP contribution is -1.94. The maximum atomic E-state index is 12.2. The van der Waals surface area contributed by atoms with E-state index in [1.807, 2.05) is 12.1 Å². The number of benzene rings is 2. The molecule has 6 heteroatoms. The van der Waals surface area contributed by atoms with Gasteiger partial charge in [0.15, 0.2) is 5.78 Å². The molecule has 0 aliphatic rings. The molecule has 1 heterocycles. The highest BCUT2D eigenvalue weighted by Gasteiger charge is 2.06. The summed E-state index contributed by atoms with van der Waals surface area (Å²) in [6.45, 7) is 0.202. The van der Waals surface area contributed by atoms with Crippen LogP contribution >= 0.6 is 39.1 Å². The summed E-state index contributed by atoms with van der Waals surface area (Å²) < 4.78 is 12.1. The first kappa shape index (κ1) is 18.8. The Balaban J connectivity index is 1.62.